The van der Waals surface area contributed by atoms with E-state index in [1.165, 1.54) is 7.05 Å². The van der Waals surface area contributed by atoms with Gasteiger partial charge in [-0.3, -0.25) is 0 Å². The van der Waals surface area contributed by atoms with E-state index in [-0.39, 0.29) is 16.6 Å². The number of hydrogen-bond acceptors (Lipinski definition) is 5. The lowest BCUT2D eigenvalue weighted by Gasteiger charge is -2.08. The average Bonchev–Trinajstić information content (AvgIpc) is 2.27. The summed E-state index contributed by atoms with van der Waals surface area (Å²) < 4.78 is 26.3. The molecule has 0 bridgehead atoms. The van der Waals surface area contributed by atoms with Crippen molar-refractivity contribution in [1.82, 2.24) is 4.98 Å². The maximum Gasteiger partial charge on any atom is 0.168 e. The molecule has 0 saturated carbocycles. The first kappa shape index (κ1) is 13.1. The monoisotopic (exact) mass is 250 g/mol. The van der Waals surface area contributed by atoms with Crippen molar-refractivity contribution in [2.24, 2.45) is 0 Å². The van der Waals surface area contributed by atoms with Gasteiger partial charge in [-0.1, -0.05) is 0 Å². The zero-order valence-electron chi connectivity index (χ0n) is 8.57. The molecule has 3 N–H and O–H groups in total. The smallest absolute Gasteiger partial charge is 0.168 e. The minimum atomic E-state index is -0.950. The Labute approximate surface area is 95.7 Å². The first-order chi connectivity index (χ1) is 7.58. The molecule has 1 heterocycles. The number of hydrogen-bond donors (Lipinski definition) is 3. The summed E-state index contributed by atoms with van der Waals surface area (Å²) in [5.74, 6) is -1.52. The number of aliphatic hydroxyl groups is 2. The molecular formula is C9H12F2N2O2S. The minimum Gasteiger partial charge on any atom is -0.394 e. The third kappa shape index (κ3) is 3.29. The zero-order chi connectivity index (χ0) is 12.1. The van der Waals surface area contributed by atoms with E-state index in [4.69, 9.17) is 10.2 Å². The number of halogens is 2. The largest absolute Gasteiger partial charge is 0.394 e. The Morgan fingerprint density at radius 2 is 2.19 bits per heavy atom. The molecule has 0 spiro atoms. The van der Waals surface area contributed by atoms with Gasteiger partial charge in [-0.05, 0) is 0 Å². The quantitative estimate of drug-likeness (QED) is 0.676. The number of anilines is 1. The molecule has 16 heavy (non-hydrogen) atoms. The zero-order valence-corrected chi connectivity index (χ0v) is 9.39. The molecule has 0 aliphatic carbocycles. The van der Waals surface area contributed by atoms with Crippen LogP contribution in [0.15, 0.2) is 11.1 Å². The van der Waals surface area contributed by atoms with Gasteiger partial charge < -0.3 is 15.5 Å². The normalized spacial score (nSPS) is 12.6. The lowest BCUT2D eigenvalue weighted by molar-refractivity contribution is 0.113. The number of thioether (sulfide) groups is 1. The summed E-state index contributed by atoms with van der Waals surface area (Å²) >= 11 is 0.915. The number of nitrogens with zero attached hydrogens (tertiary/aromatic N) is 1. The van der Waals surface area contributed by atoms with Gasteiger partial charge in [-0.25, -0.2) is 13.8 Å². The summed E-state index contributed by atoms with van der Waals surface area (Å²) in [6.07, 6.45) is -0.950. The van der Waals surface area contributed by atoms with Crippen molar-refractivity contribution in [3.05, 3.63) is 17.7 Å². The van der Waals surface area contributed by atoms with Gasteiger partial charge in [0.2, 0.25) is 0 Å². The Bertz CT molecular complexity index is 366. The van der Waals surface area contributed by atoms with Crippen molar-refractivity contribution in [1.29, 1.82) is 0 Å². The van der Waals surface area contributed by atoms with E-state index in [2.05, 4.69) is 10.3 Å². The Morgan fingerprint density at radius 3 is 2.75 bits per heavy atom. The first-order valence-corrected chi connectivity index (χ1v) is 5.52. The van der Waals surface area contributed by atoms with Crippen molar-refractivity contribution >= 4 is 17.6 Å². The molecule has 0 aromatic carbocycles. The molecule has 0 amide bonds. The third-order valence-corrected chi connectivity index (χ3v) is 2.87. The van der Waals surface area contributed by atoms with Gasteiger partial charge in [0.25, 0.3) is 0 Å². The molecule has 0 aliphatic rings. The highest BCUT2D eigenvalue weighted by atomic mass is 32.2. The topological polar surface area (TPSA) is 65.4 Å². The van der Waals surface area contributed by atoms with Crippen molar-refractivity contribution < 1.29 is 19.0 Å². The van der Waals surface area contributed by atoms with Gasteiger partial charge in [-0.2, -0.15) is 0 Å². The Kier molecular flexibility index (Phi) is 4.91. The second kappa shape index (κ2) is 5.97. The van der Waals surface area contributed by atoms with Crippen LogP contribution in [0.2, 0.25) is 0 Å². The highest BCUT2D eigenvalue weighted by Crippen LogP contribution is 2.24. The molecule has 4 nitrogen and oxygen atoms in total. The minimum absolute atomic E-state index is 0.0155. The van der Waals surface area contributed by atoms with Gasteiger partial charge in [-0.15, -0.1) is 11.8 Å². The van der Waals surface area contributed by atoms with Crippen LogP contribution in [-0.4, -0.2) is 40.7 Å². The van der Waals surface area contributed by atoms with Crippen molar-refractivity contribution in [3.63, 3.8) is 0 Å². The predicted molar refractivity (Wildman–Crippen MR) is 57.5 cm³/mol. The van der Waals surface area contributed by atoms with Crippen LogP contribution in [0.3, 0.4) is 0 Å². The third-order valence-electron chi connectivity index (χ3n) is 1.76. The maximum atomic E-state index is 13.2. The van der Waals surface area contributed by atoms with Crippen LogP contribution < -0.4 is 5.32 Å². The Morgan fingerprint density at radius 1 is 1.50 bits per heavy atom. The number of nitrogens with one attached hydrogen (secondary N) is 1. The van der Waals surface area contributed by atoms with Crippen LogP contribution in [0.4, 0.5) is 14.6 Å². The molecular weight excluding hydrogens is 238 g/mol. The van der Waals surface area contributed by atoms with Crippen molar-refractivity contribution in [2.75, 3.05) is 24.7 Å². The molecule has 1 aromatic rings. The molecule has 0 saturated heterocycles. The first-order valence-electron chi connectivity index (χ1n) is 4.54. The van der Waals surface area contributed by atoms with E-state index in [0.29, 0.717) is 0 Å². The number of pyridine rings is 1. The standard InChI is InChI=1S/C9H12F2N2O2S/c1-12-8-6(10)2-7(11)9(13-8)16-4-5(15)3-14/h2,5,14-15H,3-4H2,1H3,(H,12,13). The number of aromatic nitrogens is 1. The van der Waals surface area contributed by atoms with Crippen molar-refractivity contribution in [3.8, 4) is 0 Å². The van der Waals surface area contributed by atoms with Gasteiger partial charge in [0.15, 0.2) is 17.5 Å². The lowest BCUT2D eigenvalue weighted by atomic mass is 10.4. The molecule has 0 radical (unpaired) electrons. The van der Waals surface area contributed by atoms with E-state index < -0.39 is 24.3 Å². The molecule has 1 unspecified atom stereocenters. The summed E-state index contributed by atoms with van der Waals surface area (Å²) in [6, 6.07) is 0.729. The van der Waals surface area contributed by atoms with Gasteiger partial charge in [0, 0.05) is 18.9 Å². The fourth-order valence-electron chi connectivity index (χ4n) is 0.954. The lowest BCUT2D eigenvalue weighted by Crippen LogP contribution is -2.15. The summed E-state index contributed by atoms with van der Waals surface area (Å²) in [5.41, 5.74) is 0. The van der Waals surface area contributed by atoms with Crippen LogP contribution in [0, 0.1) is 11.6 Å². The summed E-state index contributed by atoms with van der Waals surface area (Å²) in [5, 5.41) is 20.1. The number of aliphatic hydroxyl groups excluding tert-OH is 2. The van der Waals surface area contributed by atoms with Gasteiger partial charge >= 0.3 is 0 Å². The average molecular weight is 250 g/mol. The highest BCUT2D eigenvalue weighted by molar-refractivity contribution is 7.99. The predicted octanol–water partition coefficient (Wildman–Crippen LogP) is 0.847. The van der Waals surface area contributed by atoms with Crippen molar-refractivity contribution in [2.45, 2.75) is 11.1 Å². The molecule has 90 valence electrons. The SMILES string of the molecule is CNc1nc(SCC(O)CO)c(F)cc1F. The summed E-state index contributed by atoms with van der Waals surface area (Å²) in [4.78, 5) is 3.71. The fourth-order valence-corrected chi connectivity index (χ4v) is 1.76. The number of rotatable bonds is 5. The van der Waals surface area contributed by atoms with Crippen LogP contribution in [0.5, 0.6) is 0 Å². The second-order valence-electron chi connectivity index (χ2n) is 3.00. The van der Waals surface area contributed by atoms with Crippen LogP contribution >= 0.6 is 11.8 Å². The van der Waals surface area contributed by atoms with E-state index in [1.54, 1.807) is 0 Å². The molecule has 1 rings (SSSR count). The van der Waals surface area contributed by atoms with Crippen LogP contribution in [0.1, 0.15) is 0 Å². The maximum absolute atomic E-state index is 13.2. The van der Waals surface area contributed by atoms with Crippen LogP contribution in [0.25, 0.3) is 0 Å². The van der Waals surface area contributed by atoms with E-state index in [1.807, 2.05) is 0 Å². The van der Waals surface area contributed by atoms with E-state index in [0.717, 1.165) is 17.8 Å². The molecule has 0 aliphatic heterocycles. The van der Waals surface area contributed by atoms with Gasteiger partial charge in [0.05, 0.1) is 12.7 Å². The molecule has 1 atom stereocenters. The molecule has 7 heteroatoms. The second-order valence-corrected chi connectivity index (χ2v) is 4.01. The molecule has 0 fully saturated rings. The van der Waals surface area contributed by atoms with E-state index in [9.17, 15) is 8.78 Å². The van der Waals surface area contributed by atoms with E-state index >= 15 is 0 Å². The van der Waals surface area contributed by atoms with Gasteiger partial charge in [0.1, 0.15) is 5.03 Å². The Balaban J connectivity index is 2.79. The summed E-state index contributed by atoms with van der Waals surface area (Å²) in [6.45, 7) is -0.408. The fraction of sp³-hybridized carbons (Fsp3) is 0.444. The highest BCUT2D eigenvalue weighted by Gasteiger charge is 2.13. The Hall–Kier alpha value is -0.920. The summed E-state index contributed by atoms with van der Waals surface area (Å²) in [7, 11) is 1.47. The van der Waals surface area contributed by atoms with Crippen LogP contribution in [-0.2, 0) is 0 Å². The molecule has 1 aromatic heterocycles.